The van der Waals surface area contributed by atoms with E-state index in [-0.39, 0.29) is 0 Å². The third-order valence-electron chi connectivity index (χ3n) is 2.57. The zero-order valence-corrected chi connectivity index (χ0v) is 5.05. The van der Waals surface area contributed by atoms with E-state index in [1.165, 1.54) is 12.8 Å². The fraction of sp³-hybridized carbons (Fsp3) is 0.857. The summed E-state index contributed by atoms with van der Waals surface area (Å²) in [6.45, 7) is 1.72. The van der Waals surface area contributed by atoms with Gasteiger partial charge in [0.1, 0.15) is 5.78 Å². The summed E-state index contributed by atoms with van der Waals surface area (Å²) in [6.07, 6.45) is 2.56. The molecule has 2 rings (SSSR count). The first-order chi connectivity index (χ1) is 3.79. The van der Waals surface area contributed by atoms with Gasteiger partial charge in [0.25, 0.3) is 0 Å². The summed E-state index contributed by atoms with van der Waals surface area (Å²) >= 11 is 0. The van der Waals surface area contributed by atoms with E-state index in [1.54, 1.807) is 6.92 Å². The molecule has 2 fully saturated rings. The molecule has 0 N–H and O–H groups in total. The van der Waals surface area contributed by atoms with Crippen molar-refractivity contribution < 1.29 is 4.79 Å². The van der Waals surface area contributed by atoms with Crippen LogP contribution < -0.4 is 0 Å². The summed E-state index contributed by atoms with van der Waals surface area (Å²) < 4.78 is 0. The maximum atomic E-state index is 10.7. The highest BCUT2D eigenvalue weighted by atomic mass is 16.1. The fourth-order valence-electron chi connectivity index (χ4n) is 1.81. The van der Waals surface area contributed by atoms with Gasteiger partial charge in [-0.25, -0.2) is 0 Å². The van der Waals surface area contributed by atoms with Gasteiger partial charge < -0.3 is 0 Å². The van der Waals surface area contributed by atoms with E-state index >= 15 is 0 Å². The van der Waals surface area contributed by atoms with Gasteiger partial charge in [-0.3, -0.25) is 4.79 Å². The number of carbonyl (C=O) groups is 1. The number of ketones is 1. The van der Waals surface area contributed by atoms with Crippen molar-refractivity contribution in [3.8, 4) is 0 Å². The Kier molecular flexibility index (Phi) is 0.651. The SMILES string of the molecule is CC(=O)[C@H]1C[C@@H]2C[C@@H]21. The highest BCUT2D eigenvalue weighted by Crippen LogP contribution is 2.59. The van der Waals surface area contributed by atoms with Crippen molar-refractivity contribution in [3.05, 3.63) is 0 Å². The lowest BCUT2D eigenvalue weighted by atomic mass is 9.83. The van der Waals surface area contributed by atoms with Crippen LogP contribution in [0, 0.1) is 17.8 Å². The van der Waals surface area contributed by atoms with E-state index in [4.69, 9.17) is 0 Å². The molecule has 0 aromatic rings. The van der Waals surface area contributed by atoms with Gasteiger partial charge in [0.05, 0.1) is 0 Å². The molecule has 1 heteroatoms. The van der Waals surface area contributed by atoms with Crippen molar-refractivity contribution in [1.82, 2.24) is 0 Å². The summed E-state index contributed by atoms with van der Waals surface area (Å²) in [7, 11) is 0. The lowest BCUT2D eigenvalue weighted by molar-refractivity contribution is -0.123. The van der Waals surface area contributed by atoms with E-state index in [0.717, 1.165) is 11.8 Å². The molecular formula is C7H10O. The molecule has 0 unspecified atom stereocenters. The normalized spacial score (nSPS) is 49.4. The van der Waals surface area contributed by atoms with Crippen LogP contribution in [-0.2, 0) is 4.79 Å². The molecule has 1 nitrogen and oxygen atoms in total. The number of fused-ring (bicyclic) bond motifs is 1. The summed E-state index contributed by atoms with van der Waals surface area (Å²) in [5.74, 6) is 2.72. The molecule has 2 aliphatic carbocycles. The minimum atomic E-state index is 0.420. The predicted molar refractivity (Wildman–Crippen MR) is 30.4 cm³/mol. The molecule has 0 heterocycles. The molecule has 0 saturated heterocycles. The van der Waals surface area contributed by atoms with E-state index in [1.807, 2.05) is 0 Å². The Bertz CT molecular complexity index is 139. The maximum absolute atomic E-state index is 10.7. The second kappa shape index (κ2) is 1.15. The van der Waals surface area contributed by atoms with Crippen molar-refractivity contribution in [2.45, 2.75) is 19.8 Å². The van der Waals surface area contributed by atoms with Gasteiger partial charge in [0.15, 0.2) is 0 Å². The van der Waals surface area contributed by atoms with Crippen LogP contribution in [0.4, 0.5) is 0 Å². The molecule has 44 valence electrons. The number of Topliss-reactive ketones (excluding diaryl/α,β-unsaturated/α-hetero) is 1. The van der Waals surface area contributed by atoms with Gasteiger partial charge in [0, 0.05) is 5.92 Å². The van der Waals surface area contributed by atoms with Crippen molar-refractivity contribution in [2.75, 3.05) is 0 Å². The first-order valence-electron chi connectivity index (χ1n) is 3.29. The van der Waals surface area contributed by atoms with Crippen molar-refractivity contribution >= 4 is 5.78 Å². The number of hydrogen-bond donors (Lipinski definition) is 0. The minimum absolute atomic E-state index is 0.420. The quantitative estimate of drug-likeness (QED) is 0.496. The van der Waals surface area contributed by atoms with Crippen LogP contribution in [0.15, 0.2) is 0 Å². The standard InChI is InChI=1S/C7H10O/c1-4(8)6-2-5-3-7(5)6/h5-7H,2-3H2,1H3/t5-,6-,7+/m1/s1. The van der Waals surface area contributed by atoms with Crippen LogP contribution in [-0.4, -0.2) is 5.78 Å². The minimum Gasteiger partial charge on any atom is -0.300 e. The van der Waals surface area contributed by atoms with Gasteiger partial charge in [-0.15, -0.1) is 0 Å². The Morgan fingerprint density at radius 1 is 1.50 bits per heavy atom. The topological polar surface area (TPSA) is 17.1 Å². The second-order valence-corrected chi connectivity index (χ2v) is 3.11. The predicted octanol–water partition coefficient (Wildman–Crippen LogP) is 1.23. The molecule has 8 heavy (non-hydrogen) atoms. The molecule has 3 atom stereocenters. The fourth-order valence-corrected chi connectivity index (χ4v) is 1.81. The van der Waals surface area contributed by atoms with Gasteiger partial charge in [-0.2, -0.15) is 0 Å². The molecule has 0 radical (unpaired) electrons. The van der Waals surface area contributed by atoms with Crippen LogP contribution in [0.1, 0.15) is 19.8 Å². The van der Waals surface area contributed by atoms with E-state index in [0.29, 0.717) is 11.7 Å². The molecule has 0 aromatic heterocycles. The Balaban J connectivity index is 2.01. The molecular weight excluding hydrogens is 100 g/mol. The van der Waals surface area contributed by atoms with E-state index in [2.05, 4.69) is 0 Å². The monoisotopic (exact) mass is 110 g/mol. The smallest absolute Gasteiger partial charge is 0.133 e. The third-order valence-corrected chi connectivity index (χ3v) is 2.57. The lowest BCUT2D eigenvalue weighted by Gasteiger charge is -2.20. The molecule has 0 bridgehead atoms. The van der Waals surface area contributed by atoms with Crippen LogP contribution in [0.3, 0.4) is 0 Å². The van der Waals surface area contributed by atoms with Crippen LogP contribution in [0.25, 0.3) is 0 Å². The molecule has 2 saturated carbocycles. The number of rotatable bonds is 1. The first kappa shape index (κ1) is 4.54. The van der Waals surface area contributed by atoms with Crippen LogP contribution in [0.5, 0.6) is 0 Å². The Morgan fingerprint density at radius 3 is 2.38 bits per heavy atom. The van der Waals surface area contributed by atoms with Gasteiger partial charge in [-0.1, -0.05) is 0 Å². The Hall–Kier alpha value is -0.330. The highest BCUT2D eigenvalue weighted by molar-refractivity contribution is 5.80. The molecule has 0 aromatic carbocycles. The van der Waals surface area contributed by atoms with Crippen LogP contribution in [0.2, 0.25) is 0 Å². The third kappa shape index (κ3) is 0.396. The molecule has 0 aliphatic heterocycles. The van der Waals surface area contributed by atoms with Gasteiger partial charge in [-0.05, 0) is 31.6 Å². The molecule has 0 amide bonds. The van der Waals surface area contributed by atoms with Crippen LogP contribution >= 0.6 is 0 Å². The van der Waals surface area contributed by atoms with E-state index in [9.17, 15) is 4.79 Å². The summed E-state index contributed by atoms with van der Waals surface area (Å²) in [5.41, 5.74) is 0. The largest absolute Gasteiger partial charge is 0.300 e. The highest BCUT2D eigenvalue weighted by Gasteiger charge is 2.54. The summed E-state index contributed by atoms with van der Waals surface area (Å²) in [4.78, 5) is 10.7. The zero-order valence-electron chi connectivity index (χ0n) is 5.05. The average Bonchev–Trinajstić information content (AvgIpc) is 2.13. The zero-order chi connectivity index (χ0) is 5.72. The average molecular weight is 110 g/mol. The molecule has 0 spiro atoms. The number of hydrogen-bond acceptors (Lipinski definition) is 1. The summed E-state index contributed by atoms with van der Waals surface area (Å²) in [6, 6.07) is 0. The first-order valence-corrected chi connectivity index (χ1v) is 3.29. The van der Waals surface area contributed by atoms with Crippen molar-refractivity contribution in [1.29, 1.82) is 0 Å². The van der Waals surface area contributed by atoms with Gasteiger partial charge >= 0.3 is 0 Å². The Morgan fingerprint density at radius 2 is 2.25 bits per heavy atom. The molecule has 2 aliphatic rings. The maximum Gasteiger partial charge on any atom is 0.133 e. The summed E-state index contributed by atoms with van der Waals surface area (Å²) in [5, 5.41) is 0. The Labute approximate surface area is 49.1 Å². The van der Waals surface area contributed by atoms with E-state index < -0.39 is 0 Å². The second-order valence-electron chi connectivity index (χ2n) is 3.11. The lowest BCUT2D eigenvalue weighted by Crippen LogP contribution is -2.22. The van der Waals surface area contributed by atoms with Crippen molar-refractivity contribution in [3.63, 3.8) is 0 Å². The number of carbonyl (C=O) groups excluding carboxylic acids is 1. The van der Waals surface area contributed by atoms with Crippen molar-refractivity contribution in [2.24, 2.45) is 17.8 Å². The van der Waals surface area contributed by atoms with Gasteiger partial charge in [0.2, 0.25) is 0 Å².